The summed E-state index contributed by atoms with van der Waals surface area (Å²) >= 11 is 1.04. The molecule has 0 aromatic heterocycles. The Bertz CT molecular complexity index is 665. The van der Waals surface area contributed by atoms with Crippen molar-refractivity contribution in [2.75, 3.05) is 12.3 Å². The average molecular weight is 379 g/mol. The van der Waals surface area contributed by atoms with Crippen LogP contribution in [-0.4, -0.2) is 56.0 Å². The first kappa shape index (κ1) is 20.5. The zero-order valence-corrected chi connectivity index (χ0v) is 15.9. The van der Waals surface area contributed by atoms with Crippen molar-refractivity contribution in [2.45, 2.75) is 50.7 Å². The quantitative estimate of drug-likeness (QED) is 0.755. The molecule has 2 unspecified atom stereocenters. The van der Waals surface area contributed by atoms with Gasteiger partial charge in [0.1, 0.15) is 6.04 Å². The van der Waals surface area contributed by atoms with Crippen molar-refractivity contribution in [3.8, 4) is 0 Å². The van der Waals surface area contributed by atoms with Crippen LogP contribution < -0.4 is 0 Å². The lowest BCUT2D eigenvalue weighted by Crippen LogP contribution is -2.42. The molecule has 1 amide bonds. The monoisotopic (exact) mass is 379 g/mol. The van der Waals surface area contributed by atoms with Gasteiger partial charge in [-0.1, -0.05) is 49.0 Å². The Morgan fingerprint density at radius 2 is 1.96 bits per heavy atom. The number of aliphatic carboxylic acids is 1. The fourth-order valence-electron chi connectivity index (χ4n) is 3.69. The highest BCUT2D eigenvalue weighted by molar-refractivity contribution is 8.13. The Labute approximate surface area is 157 Å². The van der Waals surface area contributed by atoms with Crippen LogP contribution in [0, 0.1) is 0 Å². The zero-order valence-electron chi connectivity index (χ0n) is 15.1. The average Bonchev–Trinajstić information content (AvgIpc) is 2.95. The molecule has 3 atom stereocenters. The van der Waals surface area contributed by atoms with Gasteiger partial charge in [-0.25, -0.2) is 4.79 Å². The van der Waals surface area contributed by atoms with Crippen LogP contribution in [0.1, 0.15) is 44.6 Å². The van der Waals surface area contributed by atoms with Gasteiger partial charge < -0.3 is 15.1 Å². The fourth-order valence-corrected chi connectivity index (χ4v) is 4.25. The van der Waals surface area contributed by atoms with Gasteiger partial charge in [0, 0.05) is 31.4 Å². The molecule has 142 valence electrons. The molecule has 2 N–H and O–H groups in total. The first-order valence-corrected chi connectivity index (χ1v) is 9.70. The molecule has 1 aromatic rings. The molecule has 1 aliphatic rings. The van der Waals surface area contributed by atoms with Crippen molar-refractivity contribution in [2.24, 2.45) is 0 Å². The number of likely N-dealkylation sites (tertiary alicyclic amines) is 1. The number of amides is 1. The van der Waals surface area contributed by atoms with Crippen molar-refractivity contribution >= 4 is 28.8 Å². The minimum absolute atomic E-state index is 0.00131. The van der Waals surface area contributed by atoms with E-state index in [0.29, 0.717) is 12.2 Å². The first-order valence-electron chi connectivity index (χ1n) is 8.71. The van der Waals surface area contributed by atoms with Crippen molar-refractivity contribution in [1.82, 2.24) is 4.90 Å². The minimum atomic E-state index is -1.29. The van der Waals surface area contributed by atoms with E-state index in [4.69, 9.17) is 0 Å². The van der Waals surface area contributed by atoms with Crippen LogP contribution in [0.4, 0.5) is 0 Å². The normalized spacial score (nSPS) is 23.7. The second-order valence-corrected chi connectivity index (χ2v) is 7.92. The van der Waals surface area contributed by atoms with Gasteiger partial charge in [-0.15, -0.1) is 0 Å². The largest absolute Gasteiger partial charge is 0.480 e. The molecule has 6 nitrogen and oxygen atoms in total. The molecule has 1 fully saturated rings. The molecule has 2 rings (SSSR count). The summed E-state index contributed by atoms with van der Waals surface area (Å²) < 4.78 is 0. The SMILES string of the molecule is CCC(c1ccccc1)C1(O)C[C@@H](C(=O)O)N(C(=O)CCSC(C)=O)C1. The maximum Gasteiger partial charge on any atom is 0.326 e. The highest BCUT2D eigenvalue weighted by atomic mass is 32.2. The number of thioether (sulfide) groups is 1. The number of carbonyl (C=O) groups is 3. The van der Waals surface area contributed by atoms with E-state index in [1.807, 2.05) is 37.3 Å². The molecular formula is C19H25NO5S. The number of carbonyl (C=O) groups excluding carboxylic acids is 2. The Hall–Kier alpha value is -1.86. The van der Waals surface area contributed by atoms with Gasteiger partial charge in [0.05, 0.1) is 12.1 Å². The molecule has 1 saturated heterocycles. The van der Waals surface area contributed by atoms with E-state index >= 15 is 0 Å². The Morgan fingerprint density at radius 1 is 1.31 bits per heavy atom. The third-order valence-electron chi connectivity index (χ3n) is 4.85. The number of aliphatic hydroxyl groups is 1. The van der Waals surface area contributed by atoms with Crippen LogP contribution in [0.15, 0.2) is 30.3 Å². The third kappa shape index (κ3) is 4.65. The van der Waals surface area contributed by atoms with Crippen LogP contribution in [0.5, 0.6) is 0 Å². The Kier molecular flexibility index (Phi) is 6.83. The first-order chi connectivity index (χ1) is 12.3. The van der Waals surface area contributed by atoms with E-state index in [2.05, 4.69) is 0 Å². The van der Waals surface area contributed by atoms with Crippen LogP contribution in [-0.2, 0) is 14.4 Å². The molecule has 1 heterocycles. The molecule has 0 aliphatic carbocycles. The fraction of sp³-hybridized carbons (Fsp3) is 0.526. The lowest BCUT2D eigenvalue weighted by atomic mass is 9.79. The van der Waals surface area contributed by atoms with E-state index < -0.39 is 17.6 Å². The number of rotatable bonds is 7. The molecule has 0 saturated carbocycles. The van der Waals surface area contributed by atoms with Gasteiger partial charge in [-0.2, -0.15) is 0 Å². The third-order valence-corrected chi connectivity index (χ3v) is 5.67. The lowest BCUT2D eigenvalue weighted by Gasteiger charge is -2.32. The number of hydrogen-bond acceptors (Lipinski definition) is 5. The summed E-state index contributed by atoms with van der Waals surface area (Å²) in [7, 11) is 0. The predicted molar refractivity (Wildman–Crippen MR) is 99.9 cm³/mol. The van der Waals surface area contributed by atoms with Gasteiger partial charge >= 0.3 is 5.97 Å². The van der Waals surface area contributed by atoms with Gasteiger partial charge in [-0.3, -0.25) is 9.59 Å². The number of carboxylic acids is 1. The van der Waals surface area contributed by atoms with Gasteiger partial charge in [0.25, 0.3) is 0 Å². The van der Waals surface area contributed by atoms with Crippen molar-refractivity contribution < 1.29 is 24.6 Å². The topological polar surface area (TPSA) is 94.9 Å². The molecular weight excluding hydrogens is 354 g/mol. The summed E-state index contributed by atoms with van der Waals surface area (Å²) in [6.45, 7) is 3.36. The van der Waals surface area contributed by atoms with Crippen LogP contribution in [0.2, 0.25) is 0 Å². The number of β-amino-alcohol motifs (C(OH)–C–C–N with tert-alkyl or cyclic N) is 1. The van der Waals surface area contributed by atoms with E-state index in [-0.39, 0.29) is 36.3 Å². The van der Waals surface area contributed by atoms with E-state index in [1.54, 1.807) is 0 Å². The maximum atomic E-state index is 12.5. The molecule has 0 bridgehead atoms. The second kappa shape index (κ2) is 8.68. The van der Waals surface area contributed by atoms with Crippen LogP contribution >= 0.6 is 11.8 Å². The number of carboxylic acid groups (broad SMARTS) is 1. The van der Waals surface area contributed by atoms with E-state index in [1.165, 1.54) is 11.8 Å². The van der Waals surface area contributed by atoms with E-state index in [9.17, 15) is 24.6 Å². The molecule has 0 spiro atoms. The zero-order chi connectivity index (χ0) is 19.3. The number of hydrogen-bond donors (Lipinski definition) is 2. The summed E-state index contributed by atoms with van der Waals surface area (Å²) in [5.41, 5.74) is -0.356. The number of nitrogens with zero attached hydrogens (tertiary/aromatic N) is 1. The van der Waals surface area contributed by atoms with Crippen LogP contribution in [0.3, 0.4) is 0 Å². The molecule has 1 aliphatic heterocycles. The lowest BCUT2D eigenvalue weighted by molar-refractivity contribution is -0.148. The van der Waals surface area contributed by atoms with Crippen LogP contribution in [0.25, 0.3) is 0 Å². The predicted octanol–water partition coefficient (Wildman–Crippen LogP) is 2.27. The summed E-state index contributed by atoms with van der Waals surface area (Å²) in [6, 6.07) is 8.43. The van der Waals surface area contributed by atoms with Crippen molar-refractivity contribution in [3.05, 3.63) is 35.9 Å². The molecule has 1 aromatic carbocycles. The highest BCUT2D eigenvalue weighted by Gasteiger charge is 2.51. The van der Waals surface area contributed by atoms with Gasteiger partial charge in [0.2, 0.25) is 5.91 Å². The van der Waals surface area contributed by atoms with E-state index in [0.717, 1.165) is 17.3 Å². The Morgan fingerprint density at radius 3 is 2.50 bits per heavy atom. The minimum Gasteiger partial charge on any atom is -0.480 e. The molecule has 0 radical (unpaired) electrons. The summed E-state index contributed by atoms with van der Waals surface area (Å²) in [5.74, 6) is -1.40. The highest BCUT2D eigenvalue weighted by Crippen LogP contribution is 2.41. The van der Waals surface area contributed by atoms with Crippen molar-refractivity contribution in [3.63, 3.8) is 0 Å². The maximum absolute atomic E-state index is 12.5. The van der Waals surface area contributed by atoms with Gasteiger partial charge in [-0.05, 0) is 12.0 Å². The summed E-state index contributed by atoms with van der Waals surface area (Å²) in [4.78, 5) is 36.4. The summed E-state index contributed by atoms with van der Waals surface area (Å²) in [5, 5.41) is 20.7. The standard InChI is InChI=1S/C19H25NO5S/c1-3-15(14-7-5-4-6-8-14)19(25)11-16(18(23)24)20(12-19)17(22)9-10-26-13(2)21/h4-8,15-16,25H,3,9-12H2,1-2H3,(H,23,24)/t15?,16-,19?/m0/s1. The smallest absolute Gasteiger partial charge is 0.326 e. The number of benzene rings is 1. The summed E-state index contributed by atoms with van der Waals surface area (Å²) in [6.07, 6.45) is 0.711. The second-order valence-electron chi connectivity index (χ2n) is 6.64. The Balaban J connectivity index is 2.19. The van der Waals surface area contributed by atoms with Crippen molar-refractivity contribution in [1.29, 1.82) is 0 Å². The van der Waals surface area contributed by atoms with Gasteiger partial charge in [0.15, 0.2) is 5.12 Å². The molecule has 26 heavy (non-hydrogen) atoms. The molecule has 7 heteroatoms.